The quantitative estimate of drug-likeness (QED) is 0.730. The number of nitrogens with zero attached hydrogens (tertiary/aromatic N) is 8. The summed E-state index contributed by atoms with van der Waals surface area (Å²) in [5, 5.41) is 27.4. The van der Waals surface area contributed by atoms with Crippen molar-refractivity contribution in [2.75, 3.05) is 18.0 Å². The van der Waals surface area contributed by atoms with Gasteiger partial charge >= 0.3 is 0 Å². The van der Waals surface area contributed by atoms with E-state index < -0.39 is 5.60 Å². The molecule has 1 aliphatic rings. The van der Waals surface area contributed by atoms with Crippen LogP contribution in [0.15, 0.2) is 24.5 Å². The number of aromatic nitrogens is 7. The maximum Gasteiger partial charge on any atom is 0.176 e. The molecule has 3 aromatic heterocycles. The molecular formula is C14H18N8O. The van der Waals surface area contributed by atoms with Gasteiger partial charge in [-0.25, -0.2) is 9.67 Å². The Morgan fingerprint density at radius 1 is 1.30 bits per heavy atom. The van der Waals surface area contributed by atoms with E-state index in [-0.39, 0.29) is 0 Å². The molecular weight excluding hydrogens is 296 g/mol. The number of hydrogen-bond acceptors (Lipinski definition) is 7. The molecule has 1 saturated heterocycles. The summed E-state index contributed by atoms with van der Waals surface area (Å²) in [6.07, 6.45) is 5.00. The molecule has 1 atom stereocenters. The second kappa shape index (κ2) is 5.27. The van der Waals surface area contributed by atoms with Crippen LogP contribution in [0.1, 0.15) is 18.7 Å². The summed E-state index contributed by atoms with van der Waals surface area (Å²) in [4.78, 5) is 6.36. The van der Waals surface area contributed by atoms with Crippen molar-refractivity contribution in [3.8, 4) is 0 Å². The third kappa shape index (κ3) is 2.74. The Morgan fingerprint density at radius 3 is 3.04 bits per heavy atom. The first-order valence-corrected chi connectivity index (χ1v) is 7.64. The molecule has 4 heterocycles. The Kier molecular flexibility index (Phi) is 3.22. The molecule has 1 aliphatic heterocycles. The second-order valence-electron chi connectivity index (χ2n) is 6.05. The zero-order chi connectivity index (χ0) is 15.9. The molecule has 3 aromatic rings. The van der Waals surface area contributed by atoms with E-state index in [0.717, 1.165) is 30.9 Å². The molecule has 0 radical (unpaired) electrons. The van der Waals surface area contributed by atoms with Gasteiger partial charge in [-0.3, -0.25) is 0 Å². The number of fused-ring (bicyclic) bond motifs is 1. The van der Waals surface area contributed by atoms with Crippen LogP contribution in [-0.4, -0.2) is 58.6 Å². The lowest BCUT2D eigenvalue weighted by Gasteiger charge is -2.39. The van der Waals surface area contributed by atoms with E-state index in [1.807, 2.05) is 19.1 Å². The van der Waals surface area contributed by atoms with Crippen LogP contribution in [0, 0.1) is 6.92 Å². The van der Waals surface area contributed by atoms with E-state index in [4.69, 9.17) is 0 Å². The molecule has 1 fully saturated rings. The van der Waals surface area contributed by atoms with Crippen molar-refractivity contribution in [3.05, 3.63) is 30.4 Å². The molecule has 0 aromatic carbocycles. The van der Waals surface area contributed by atoms with E-state index in [0.29, 0.717) is 18.9 Å². The van der Waals surface area contributed by atoms with Crippen molar-refractivity contribution in [2.45, 2.75) is 31.9 Å². The second-order valence-corrected chi connectivity index (χ2v) is 6.05. The monoisotopic (exact) mass is 314 g/mol. The predicted molar refractivity (Wildman–Crippen MR) is 81.9 cm³/mol. The van der Waals surface area contributed by atoms with Crippen LogP contribution in [0.5, 0.6) is 0 Å². The van der Waals surface area contributed by atoms with Crippen molar-refractivity contribution in [1.82, 2.24) is 34.8 Å². The highest BCUT2D eigenvalue weighted by Gasteiger charge is 2.34. The van der Waals surface area contributed by atoms with Crippen molar-refractivity contribution in [3.63, 3.8) is 0 Å². The number of β-amino-alcohol motifs (C(OH)–C–C–N with tert-alkyl or cyclic N) is 1. The van der Waals surface area contributed by atoms with Gasteiger partial charge < -0.3 is 10.0 Å². The van der Waals surface area contributed by atoms with Crippen LogP contribution >= 0.6 is 0 Å². The first-order chi connectivity index (χ1) is 11.1. The molecule has 120 valence electrons. The molecule has 9 heteroatoms. The lowest BCUT2D eigenvalue weighted by molar-refractivity contribution is 0.00580. The number of piperidine rings is 1. The minimum atomic E-state index is -0.846. The number of rotatable bonds is 3. The van der Waals surface area contributed by atoms with E-state index in [9.17, 15) is 5.11 Å². The molecule has 4 rings (SSSR count). The zero-order valence-electron chi connectivity index (χ0n) is 12.9. The fourth-order valence-electron chi connectivity index (χ4n) is 3.10. The first-order valence-electron chi connectivity index (χ1n) is 7.64. The lowest BCUT2D eigenvalue weighted by atomic mass is 9.93. The molecule has 0 amide bonds. The third-order valence-corrected chi connectivity index (χ3v) is 4.11. The van der Waals surface area contributed by atoms with Crippen LogP contribution in [0.2, 0.25) is 0 Å². The molecule has 9 nitrogen and oxygen atoms in total. The molecule has 0 spiro atoms. The van der Waals surface area contributed by atoms with Gasteiger partial charge in [-0.15, -0.1) is 19.9 Å². The summed E-state index contributed by atoms with van der Waals surface area (Å²) in [6.45, 7) is 3.62. The Hall–Kier alpha value is -2.55. The fraction of sp³-hybridized carbons (Fsp3) is 0.500. The highest BCUT2D eigenvalue weighted by atomic mass is 16.3. The largest absolute Gasteiger partial charge is 0.386 e. The van der Waals surface area contributed by atoms with Gasteiger partial charge in [0.2, 0.25) is 0 Å². The van der Waals surface area contributed by atoms with E-state index in [1.165, 1.54) is 4.63 Å². The zero-order valence-corrected chi connectivity index (χ0v) is 12.9. The van der Waals surface area contributed by atoms with Crippen LogP contribution in [-0.2, 0) is 6.54 Å². The lowest BCUT2D eigenvalue weighted by Crippen LogP contribution is -2.51. The van der Waals surface area contributed by atoms with Gasteiger partial charge in [0, 0.05) is 19.3 Å². The molecule has 0 aliphatic carbocycles. The van der Waals surface area contributed by atoms with Crippen molar-refractivity contribution in [1.29, 1.82) is 0 Å². The van der Waals surface area contributed by atoms with Crippen molar-refractivity contribution >= 4 is 11.5 Å². The van der Waals surface area contributed by atoms with Gasteiger partial charge in [-0.2, -0.15) is 0 Å². The maximum atomic E-state index is 10.9. The average Bonchev–Trinajstić information content (AvgIpc) is 3.14. The van der Waals surface area contributed by atoms with Gasteiger partial charge in [-0.1, -0.05) is 5.21 Å². The van der Waals surface area contributed by atoms with Gasteiger partial charge in [0.25, 0.3) is 0 Å². The third-order valence-electron chi connectivity index (χ3n) is 4.11. The molecule has 0 bridgehead atoms. The van der Waals surface area contributed by atoms with Crippen LogP contribution in [0.4, 0.5) is 5.82 Å². The topological polar surface area (TPSA) is 97.3 Å². The Morgan fingerprint density at radius 2 is 2.22 bits per heavy atom. The van der Waals surface area contributed by atoms with Crippen LogP contribution < -0.4 is 4.90 Å². The summed E-state index contributed by atoms with van der Waals surface area (Å²) in [6, 6.07) is 3.82. The van der Waals surface area contributed by atoms with Crippen LogP contribution in [0.3, 0.4) is 0 Å². The molecule has 23 heavy (non-hydrogen) atoms. The van der Waals surface area contributed by atoms with E-state index >= 15 is 0 Å². The predicted octanol–water partition coefficient (Wildman–Crippen LogP) is 0.0557. The van der Waals surface area contributed by atoms with Crippen molar-refractivity contribution < 1.29 is 5.11 Å². The van der Waals surface area contributed by atoms with E-state index in [1.54, 1.807) is 17.1 Å². The summed E-state index contributed by atoms with van der Waals surface area (Å²) >= 11 is 0. The average molecular weight is 314 g/mol. The summed E-state index contributed by atoms with van der Waals surface area (Å²) in [5.74, 6) is 1.48. The summed E-state index contributed by atoms with van der Waals surface area (Å²) < 4.78 is 3.21. The molecule has 0 saturated carbocycles. The number of aliphatic hydroxyl groups is 1. The number of anilines is 1. The van der Waals surface area contributed by atoms with Gasteiger partial charge in [0.05, 0.1) is 12.7 Å². The van der Waals surface area contributed by atoms with Crippen LogP contribution in [0.25, 0.3) is 5.65 Å². The Bertz CT molecular complexity index is 813. The highest BCUT2D eigenvalue weighted by molar-refractivity contribution is 5.46. The number of hydrogen-bond donors (Lipinski definition) is 1. The normalized spacial score (nSPS) is 21.9. The maximum absolute atomic E-state index is 10.9. The Labute approximate surface area is 132 Å². The highest BCUT2D eigenvalue weighted by Crippen LogP contribution is 2.26. The standard InChI is InChI=1S/C14H18N8O/c1-11-16-12-3-4-13(18-22(12)17-11)20-7-2-5-14(23,9-20)10-21-8-6-15-19-21/h3-4,6,8,23H,2,5,7,9-10H2,1H3. The minimum Gasteiger partial charge on any atom is -0.386 e. The summed E-state index contributed by atoms with van der Waals surface area (Å²) in [5.41, 5.74) is -0.123. The van der Waals surface area contributed by atoms with Crippen molar-refractivity contribution in [2.24, 2.45) is 0 Å². The number of aryl methyl sites for hydroxylation is 1. The van der Waals surface area contributed by atoms with Gasteiger partial charge in [-0.05, 0) is 31.9 Å². The van der Waals surface area contributed by atoms with Gasteiger partial charge in [0.1, 0.15) is 11.4 Å². The van der Waals surface area contributed by atoms with Gasteiger partial charge in [0.15, 0.2) is 11.5 Å². The minimum absolute atomic E-state index is 0.425. The smallest absolute Gasteiger partial charge is 0.176 e. The molecule has 1 unspecified atom stereocenters. The molecule has 1 N–H and O–H groups in total. The Balaban J connectivity index is 1.57. The fourth-order valence-corrected chi connectivity index (χ4v) is 3.10. The summed E-state index contributed by atoms with van der Waals surface area (Å²) in [7, 11) is 0. The SMILES string of the molecule is Cc1nc2ccc(N3CCCC(O)(Cn4ccnn4)C3)nn2n1. The van der Waals surface area contributed by atoms with E-state index in [2.05, 4.69) is 30.4 Å². The first kappa shape index (κ1) is 14.1.